The maximum atomic E-state index is 12.6. The summed E-state index contributed by atoms with van der Waals surface area (Å²) in [6.45, 7) is 2.96. The molecule has 1 aromatic rings. The van der Waals surface area contributed by atoms with E-state index in [1.54, 1.807) is 5.38 Å². The fraction of sp³-hybridized carbons (Fsp3) is 0.800. The topological polar surface area (TPSA) is 64.6 Å². The fourth-order valence-electron chi connectivity index (χ4n) is 3.53. The molecule has 3 aliphatic rings. The second-order valence-electron chi connectivity index (χ2n) is 6.58. The molecule has 0 spiro atoms. The summed E-state index contributed by atoms with van der Waals surface area (Å²) in [6, 6.07) is 0.164. The standard InChI is InChI=1S/C15H21N3O3S/c19-15(12-9-22-17-16-12)18-3-4-21-14-6-11(5-13(14)18)8-20-7-10-1-2-10/h9-11,13-14H,1-8H2. The minimum Gasteiger partial charge on any atom is -0.381 e. The zero-order valence-electron chi connectivity index (χ0n) is 12.5. The van der Waals surface area contributed by atoms with Gasteiger partial charge in [0.15, 0.2) is 5.69 Å². The van der Waals surface area contributed by atoms with E-state index in [2.05, 4.69) is 9.59 Å². The van der Waals surface area contributed by atoms with Gasteiger partial charge in [0.2, 0.25) is 0 Å². The second-order valence-corrected chi connectivity index (χ2v) is 7.19. The number of fused-ring (bicyclic) bond motifs is 1. The summed E-state index contributed by atoms with van der Waals surface area (Å²) in [6.07, 6.45) is 4.76. The van der Waals surface area contributed by atoms with Crippen molar-refractivity contribution in [2.24, 2.45) is 11.8 Å². The number of carbonyl (C=O) groups excluding carboxylic acids is 1. The number of hydrogen-bond acceptors (Lipinski definition) is 6. The molecule has 120 valence electrons. The van der Waals surface area contributed by atoms with Crippen LogP contribution in [0, 0.1) is 11.8 Å². The van der Waals surface area contributed by atoms with Crippen LogP contribution in [0.1, 0.15) is 36.2 Å². The summed E-state index contributed by atoms with van der Waals surface area (Å²) in [5.41, 5.74) is 0.457. The lowest BCUT2D eigenvalue weighted by molar-refractivity contribution is -0.0452. The molecular weight excluding hydrogens is 302 g/mol. The van der Waals surface area contributed by atoms with Crippen LogP contribution >= 0.6 is 11.5 Å². The van der Waals surface area contributed by atoms with Crippen molar-refractivity contribution < 1.29 is 14.3 Å². The van der Waals surface area contributed by atoms with Crippen molar-refractivity contribution in [2.75, 3.05) is 26.4 Å². The lowest BCUT2D eigenvalue weighted by Gasteiger charge is -2.37. The maximum absolute atomic E-state index is 12.6. The summed E-state index contributed by atoms with van der Waals surface area (Å²) < 4.78 is 15.5. The van der Waals surface area contributed by atoms with E-state index in [9.17, 15) is 4.79 Å². The second kappa shape index (κ2) is 6.22. The lowest BCUT2D eigenvalue weighted by atomic mass is 10.1. The molecule has 3 unspecified atom stereocenters. The first-order valence-corrected chi connectivity index (χ1v) is 8.92. The molecule has 1 aliphatic heterocycles. The van der Waals surface area contributed by atoms with Gasteiger partial charge in [-0.25, -0.2) is 0 Å². The van der Waals surface area contributed by atoms with Gasteiger partial charge < -0.3 is 14.4 Å². The Morgan fingerprint density at radius 3 is 3.00 bits per heavy atom. The van der Waals surface area contributed by atoms with Crippen molar-refractivity contribution >= 4 is 17.4 Å². The smallest absolute Gasteiger partial charge is 0.275 e. The van der Waals surface area contributed by atoms with Crippen LogP contribution in [0.5, 0.6) is 0 Å². The molecule has 2 saturated carbocycles. The Bertz CT molecular complexity index is 520. The molecule has 1 saturated heterocycles. The largest absolute Gasteiger partial charge is 0.381 e. The molecule has 3 fully saturated rings. The van der Waals surface area contributed by atoms with Gasteiger partial charge in [-0.2, -0.15) is 0 Å². The van der Waals surface area contributed by atoms with E-state index in [1.807, 2.05) is 4.90 Å². The molecule has 2 heterocycles. The zero-order chi connectivity index (χ0) is 14.9. The molecular formula is C15H21N3O3S. The Morgan fingerprint density at radius 1 is 1.36 bits per heavy atom. The molecule has 7 heteroatoms. The van der Waals surface area contributed by atoms with Crippen LogP contribution in [0.4, 0.5) is 0 Å². The predicted octanol–water partition coefficient (Wildman–Crippen LogP) is 1.58. The van der Waals surface area contributed by atoms with Crippen molar-refractivity contribution in [2.45, 2.75) is 37.8 Å². The quantitative estimate of drug-likeness (QED) is 0.823. The minimum absolute atomic E-state index is 0.00778. The Balaban J connectivity index is 1.36. The number of hydrogen-bond donors (Lipinski definition) is 0. The minimum atomic E-state index is -0.00778. The Kier molecular flexibility index (Phi) is 4.11. The van der Waals surface area contributed by atoms with Gasteiger partial charge in [0.25, 0.3) is 5.91 Å². The van der Waals surface area contributed by atoms with Gasteiger partial charge in [0, 0.05) is 25.1 Å². The van der Waals surface area contributed by atoms with Crippen LogP contribution in [0.3, 0.4) is 0 Å². The van der Waals surface area contributed by atoms with Crippen LogP contribution < -0.4 is 0 Å². The van der Waals surface area contributed by atoms with E-state index in [1.165, 1.54) is 24.4 Å². The number of morpholine rings is 1. The van der Waals surface area contributed by atoms with E-state index in [4.69, 9.17) is 9.47 Å². The monoisotopic (exact) mass is 323 g/mol. The van der Waals surface area contributed by atoms with Gasteiger partial charge in [-0.15, -0.1) is 5.10 Å². The molecule has 1 aromatic heterocycles. The highest BCUT2D eigenvalue weighted by Crippen LogP contribution is 2.36. The number of carbonyl (C=O) groups is 1. The van der Waals surface area contributed by atoms with Gasteiger partial charge in [-0.1, -0.05) is 4.49 Å². The fourth-order valence-corrected chi connectivity index (χ4v) is 3.96. The van der Waals surface area contributed by atoms with Crippen molar-refractivity contribution in [3.05, 3.63) is 11.1 Å². The van der Waals surface area contributed by atoms with Crippen molar-refractivity contribution in [1.82, 2.24) is 14.5 Å². The number of rotatable bonds is 5. The first kappa shape index (κ1) is 14.5. The predicted molar refractivity (Wildman–Crippen MR) is 80.7 cm³/mol. The Hall–Kier alpha value is -1.05. The number of aromatic nitrogens is 2. The summed E-state index contributed by atoms with van der Waals surface area (Å²) in [7, 11) is 0. The van der Waals surface area contributed by atoms with Crippen LogP contribution in [-0.4, -0.2) is 58.9 Å². The maximum Gasteiger partial charge on any atom is 0.275 e. The molecule has 0 N–H and O–H groups in total. The highest BCUT2D eigenvalue weighted by molar-refractivity contribution is 7.03. The summed E-state index contributed by atoms with van der Waals surface area (Å²) in [5, 5.41) is 5.63. The average Bonchev–Trinajstić information content (AvgIpc) is 3.04. The van der Waals surface area contributed by atoms with Crippen LogP contribution in [0.2, 0.25) is 0 Å². The van der Waals surface area contributed by atoms with Crippen molar-refractivity contribution in [3.8, 4) is 0 Å². The number of ether oxygens (including phenoxy) is 2. The molecule has 0 bridgehead atoms. The summed E-state index contributed by atoms with van der Waals surface area (Å²) in [5.74, 6) is 1.29. The molecule has 2 aliphatic carbocycles. The normalized spacial score (nSPS) is 31.3. The van der Waals surface area contributed by atoms with Crippen molar-refractivity contribution in [1.29, 1.82) is 0 Å². The highest BCUT2D eigenvalue weighted by atomic mass is 32.1. The van der Waals surface area contributed by atoms with Crippen molar-refractivity contribution in [3.63, 3.8) is 0 Å². The Morgan fingerprint density at radius 2 is 2.23 bits per heavy atom. The molecule has 0 aromatic carbocycles. The third-order valence-corrected chi connectivity index (χ3v) is 5.38. The molecule has 22 heavy (non-hydrogen) atoms. The van der Waals surface area contributed by atoms with Crippen LogP contribution in [-0.2, 0) is 9.47 Å². The molecule has 4 rings (SSSR count). The summed E-state index contributed by atoms with van der Waals surface area (Å²) >= 11 is 1.22. The third kappa shape index (κ3) is 3.02. The number of nitrogens with zero attached hydrogens (tertiary/aromatic N) is 3. The van der Waals surface area contributed by atoms with Gasteiger partial charge in [0.05, 0.1) is 18.8 Å². The average molecular weight is 323 g/mol. The first-order chi connectivity index (χ1) is 10.8. The third-order valence-electron chi connectivity index (χ3n) is 4.88. The SMILES string of the molecule is O=C(c1csnn1)N1CCOC2CC(COCC3CC3)CC21. The van der Waals surface area contributed by atoms with E-state index in [0.29, 0.717) is 24.8 Å². The van der Waals surface area contributed by atoms with Gasteiger partial charge in [-0.05, 0) is 49.1 Å². The molecule has 1 amide bonds. The van der Waals surface area contributed by atoms with Gasteiger partial charge in [-0.3, -0.25) is 4.79 Å². The van der Waals surface area contributed by atoms with E-state index in [-0.39, 0.29) is 18.1 Å². The molecule has 6 nitrogen and oxygen atoms in total. The number of amides is 1. The highest BCUT2D eigenvalue weighted by Gasteiger charge is 2.43. The van der Waals surface area contributed by atoms with Gasteiger partial charge >= 0.3 is 0 Å². The van der Waals surface area contributed by atoms with Crippen LogP contribution in [0.15, 0.2) is 5.38 Å². The lowest BCUT2D eigenvalue weighted by Crippen LogP contribution is -2.51. The van der Waals surface area contributed by atoms with Crippen LogP contribution in [0.25, 0.3) is 0 Å². The molecule has 0 radical (unpaired) electrons. The molecule has 3 atom stereocenters. The summed E-state index contributed by atoms with van der Waals surface area (Å²) in [4.78, 5) is 14.5. The zero-order valence-corrected chi connectivity index (χ0v) is 13.3. The first-order valence-electron chi connectivity index (χ1n) is 8.08. The Labute approximate surface area is 133 Å². The van der Waals surface area contributed by atoms with Gasteiger partial charge in [0.1, 0.15) is 0 Å². The van der Waals surface area contributed by atoms with E-state index in [0.717, 1.165) is 32.0 Å². The van der Waals surface area contributed by atoms with E-state index < -0.39 is 0 Å². The van der Waals surface area contributed by atoms with E-state index >= 15 is 0 Å².